The summed E-state index contributed by atoms with van der Waals surface area (Å²) in [5.74, 6) is -0.289. The normalized spacial score (nSPS) is 11.2. The molecule has 1 N–H and O–H groups in total. The van der Waals surface area contributed by atoms with Crippen LogP contribution in [-0.4, -0.2) is 15.6 Å². The van der Waals surface area contributed by atoms with Crippen molar-refractivity contribution < 1.29 is 9.90 Å². The lowest BCUT2D eigenvalue weighted by molar-refractivity contribution is 0.0685. The van der Waals surface area contributed by atoms with Gasteiger partial charge in [0.25, 0.3) is 0 Å². The number of hydrogen-bond donors (Lipinski definition) is 1. The first-order valence-electron chi connectivity index (χ1n) is 5.91. The predicted octanol–water partition coefficient (Wildman–Crippen LogP) is 3.39. The van der Waals surface area contributed by atoms with E-state index in [9.17, 15) is 9.90 Å². The van der Waals surface area contributed by atoms with E-state index in [2.05, 4.69) is 13.8 Å². The predicted molar refractivity (Wildman–Crippen MR) is 68.4 cm³/mol. The molecule has 0 saturated carbocycles. The average Bonchev–Trinajstić information content (AvgIpc) is 2.65. The standard InChI is InChI=1S/C14H17NO2/c1-10(2)7-8-15-12-6-4-3-5-11(12)9-13(15)14(16)17/h3-6,9-10H,7-8H2,1-2H3,(H,16,17). The zero-order valence-corrected chi connectivity index (χ0v) is 10.2. The number of hydrogen-bond acceptors (Lipinski definition) is 1. The second-order valence-electron chi connectivity index (χ2n) is 4.73. The van der Waals surface area contributed by atoms with Gasteiger partial charge in [-0.1, -0.05) is 32.0 Å². The van der Waals surface area contributed by atoms with Gasteiger partial charge in [-0.05, 0) is 24.5 Å². The number of carboxylic acid groups (broad SMARTS) is 1. The number of aromatic nitrogens is 1. The maximum atomic E-state index is 11.2. The van der Waals surface area contributed by atoms with Crippen molar-refractivity contribution in [1.82, 2.24) is 4.57 Å². The molecule has 17 heavy (non-hydrogen) atoms. The van der Waals surface area contributed by atoms with Gasteiger partial charge in [0.2, 0.25) is 0 Å². The van der Waals surface area contributed by atoms with E-state index in [1.165, 1.54) is 0 Å². The van der Waals surface area contributed by atoms with E-state index < -0.39 is 5.97 Å². The Morgan fingerprint density at radius 2 is 2.06 bits per heavy atom. The highest BCUT2D eigenvalue weighted by molar-refractivity contribution is 5.94. The Morgan fingerprint density at radius 1 is 1.35 bits per heavy atom. The van der Waals surface area contributed by atoms with Gasteiger partial charge in [0.05, 0.1) is 0 Å². The fraction of sp³-hybridized carbons (Fsp3) is 0.357. The van der Waals surface area contributed by atoms with E-state index in [0.29, 0.717) is 11.6 Å². The topological polar surface area (TPSA) is 42.2 Å². The summed E-state index contributed by atoms with van der Waals surface area (Å²) in [6, 6.07) is 9.55. The summed E-state index contributed by atoms with van der Waals surface area (Å²) >= 11 is 0. The highest BCUT2D eigenvalue weighted by Gasteiger charge is 2.14. The molecule has 3 heteroatoms. The average molecular weight is 231 g/mol. The van der Waals surface area contributed by atoms with E-state index in [1.54, 1.807) is 6.07 Å². The third-order valence-corrected chi connectivity index (χ3v) is 2.96. The Labute approximate surface area is 101 Å². The molecular weight excluding hydrogens is 214 g/mol. The summed E-state index contributed by atoms with van der Waals surface area (Å²) in [4.78, 5) is 11.2. The SMILES string of the molecule is CC(C)CCn1c(C(=O)O)cc2ccccc21. The van der Waals surface area contributed by atoms with Crippen LogP contribution in [0, 0.1) is 5.92 Å². The van der Waals surface area contributed by atoms with Crippen LogP contribution in [0.5, 0.6) is 0 Å². The van der Waals surface area contributed by atoms with Crippen molar-refractivity contribution in [2.24, 2.45) is 5.92 Å². The summed E-state index contributed by atoms with van der Waals surface area (Å²) in [5.41, 5.74) is 1.39. The maximum Gasteiger partial charge on any atom is 0.352 e. The molecule has 1 aromatic carbocycles. The van der Waals surface area contributed by atoms with Gasteiger partial charge in [-0.2, -0.15) is 0 Å². The van der Waals surface area contributed by atoms with Crippen LogP contribution in [0.25, 0.3) is 10.9 Å². The molecule has 0 fully saturated rings. The summed E-state index contributed by atoms with van der Waals surface area (Å²) in [6.45, 7) is 5.05. The van der Waals surface area contributed by atoms with Crippen LogP contribution in [0.2, 0.25) is 0 Å². The van der Waals surface area contributed by atoms with Gasteiger partial charge in [0.1, 0.15) is 5.69 Å². The van der Waals surface area contributed by atoms with Gasteiger partial charge in [-0.25, -0.2) is 4.79 Å². The second kappa shape index (κ2) is 4.62. The third kappa shape index (κ3) is 2.33. The van der Waals surface area contributed by atoms with E-state index in [0.717, 1.165) is 23.9 Å². The Kier molecular flexibility index (Phi) is 3.18. The fourth-order valence-corrected chi connectivity index (χ4v) is 2.02. The number of para-hydroxylation sites is 1. The van der Waals surface area contributed by atoms with E-state index in [4.69, 9.17) is 0 Å². The van der Waals surface area contributed by atoms with Crippen LogP contribution in [-0.2, 0) is 6.54 Å². The first-order valence-corrected chi connectivity index (χ1v) is 5.91. The Balaban J connectivity index is 2.48. The zero-order valence-electron chi connectivity index (χ0n) is 10.2. The van der Waals surface area contributed by atoms with E-state index >= 15 is 0 Å². The number of benzene rings is 1. The number of aromatic carboxylic acids is 1. The van der Waals surface area contributed by atoms with Crippen LogP contribution >= 0.6 is 0 Å². The van der Waals surface area contributed by atoms with Crippen LogP contribution < -0.4 is 0 Å². The highest BCUT2D eigenvalue weighted by Crippen LogP contribution is 2.21. The molecule has 0 amide bonds. The van der Waals surface area contributed by atoms with Gasteiger partial charge < -0.3 is 9.67 Å². The van der Waals surface area contributed by atoms with Crippen molar-refractivity contribution in [1.29, 1.82) is 0 Å². The Bertz CT molecular complexity index is 540. The summed E-state index contributed by atoms with van der Waals surface area (Å²) in [5, 5.41) is 10.2. The number of carboxylic acids is 1. The molecule has 0 aliphatic heterocycles. The number of nitrogens with zero attached hydrogens (tertiary/aromatic N) is 1. The molecule has 0 saturated heterocycles. The zero-order chi connectivity index (χ0) is 12.4. The minimum atomic E-state index is -0.857. The molecule has 90 valence electrons. The lowest BCUT2D eigenvalue weighted by Crippen LogP contribution is -2.09. The minimum absolute atomic E-state index is 0.381. The number of carbonyl (C=O) groups is 1. The molecule has 1 heterocycles. The molecule has 0 aliphatic rings. The first-order chi connectivity index (χ1) is 8.09. The van der Waals surface area contributed by atoms with Gasteiger partial charge >= 0.3 is 5.97 Å². The van der Waals surface area contributed by atoms with Crippen LogP contribution in [0.4, 0.5) is 0 Å². The Morgan fingerprint density at radius 3 is 2.71 bits per heavy atom. The van der Waals surface area contributed by atoms with Crippen LogP contribution in [0.15, 0.2) is 30.3 Å². The molecule has 0 radical (unpaired) electrons. The number of fused-ring (bicyclic) bond motifs is 1. The molecular formula is C14H17NO2. The van der Waals surface area contributed by atoms with E-state index in [1.807, 2.05) is 28.8 Å². The largest absolute Gasteiger partial charge is 0.477 e. The maximum absolute atomic E-state index is 11.2. The second-order valence-corrected chi connectivity index (χ2v) is 4.73. The molecule has 0 unspecified atom stereocenters. The lowest BCUT2D eigenvalue weighted by Gasteiger charge is -2.10. The van der Waals surface area contributed by atoms with Gasteiger partial charge in [0, 0.05) is 17.4 Å². The lowest BCUT2D eigenvalue weighted by atomic mass is 10.1. The monoisotopic (exact) mass is 231 g/mol. The van der Waals surface area contributed by atoms with Crippen LogP contribution in [0.3, 0.4) is 0 Å². The number of rotatable bonds is 4. The van der Waals surface area contributed by atoms with Gasteiger partial charge in [0.15, 0.2) is 0 Å². The molecule has 0 atom stereocenters. The van der Waals surface area contributed by atoms with Gasteiger partial charge in [-0.15, -0.1) is 0 Å². The summed E-state index contributed by atoms with van der Waals surface area (Å²) in [6.07, 6.45) is 0.985. The first kappa shape index (κ1) is 11.7. The van der Waals surface area contributed by atoms with Crippen LogP contribution in [0.1, 0.15) is 30.8 Å². The summed E-state index contributed by atoms with van der Waals surface area (Å²) in [7, 11) is 0. The van der Waals surface area contributed by atoms with Crippen molar-refractivity contribution >= 4 is 16.9 Å². The van der Waals surface area contributed by atoms with E-state index in [-0.39, 0.29) is 0 Å². The van der Waals surface area contributed by atoms with Crippen molar-refractivity contribution in [3.8, 4) is 0 Å². The van der Waals surface area contributed by atoms with Crippen molar-refractivity contribution in [2.75, 3.05) is 0 Å². The molecule has 0 aliphatic carbocycles. The molecule has 0 spiro atoms. The quantitative estimate of drug-likeness (QED) is 0.876. The Hall–Kier alpha value is -1.77. The third-order valence-electron chi connectivity index (χ3n) is 2.96. The number of aryl methyl sites for hydroxylation is 1. The minimum Gasteiger partial charge on any atom is -0.477 e. The molecule has 2 aromatic rings. The van der Waals surface area contributed by atoms with Crippen molar-refractivity contribution in [3.63, 3.8) is 0 Å². The fourth-order valence-electron chi connectivity index (χ4n) is 2.02. The molecule has 0 bridgehead atoms. The van der Waals surface area contributed by atoms with Gasteiger partial charge in [-0.3, -0.25) is 0 Å². The molecule has 3 nitrogen and oxygen atoms in total. The smallest absolute Gasteiger partial charge is 0.352 e. The van der Waals surface area contributed by atoms with Crippen molar-refractivity contribution in [2.45, 2.75) is 26.8 Å². The molecule has 1 aromatic heterocycles. The van der Waals surface area contributed by atoms with Crippen molar-refractivity contribution in [3.05, 3.63) is 36.0 Å². The highest BCUT2D eigenvalue weighted by atomic mass is 16.4. The summed E-state index contributed by atoms with van der Waals surface area (Å²) < 4.78 is 1.90. The molecule has 2 rings (SSSR count).